The second-order valence-corrected chi connectivity index (χ2v) is 6.13. The fraction of sp³-hybridized carbons (Fsp3) is 0.333. The highest BCUT2D eigenvalue weighted by molar-refractivity contribution is 5.89. The van der Waals surface area contributed by atoms with Gasteiger partial charge in [0.05, 0.1) is 0 Å². The van der Waals surface area contributed by atoms with E-state index in [4.69, 9.17) is 0 Å². The van der Waals surface area contributed by atoms with Crippen molar-refractivity contribution in [3.63, 3.8) is 0 Å². The molecule has 2 aromatic rings. The summed E-state index contributed by atoms with van der Waals surface area (Å²) in [4.78, 5) is 20.3. The lowest BCUT2D eigenvalue weighted by atomic mass is 10.2. The number of carbonyl (C=O) groups is 1. The van der Waals surface area contributed by atoms with Crippen LogP contribution in [-0.2, 0) is 6.54 Å². The average Bonchev–Trinajstić information content (AvgIpc) is 2.63. The third kappa shape index (κ3) is 5.85. The monoisotopic (exact) mass is 380 g/mol. The molecule has 1 aliphatic rings. The van der Waals surface area contributed by atoms with Gasteiger partial charge in [-0.25, -0.2) is 4.79 Å². The first kappa shape index (κ1) is 19.0. The highest BCUT2D eigenvalue weighted by Crippen LogP contribution is 2.24. The molecule has 144 valence electrons. The van der Waals surface area contributed by atoms with Gasteiger partial charge in [0, 0.05) is 50.8 Å². The minimum absolute atomic E-state index is 0.277. The number of amides is 2. The van der Waals surface area contributed by atoms with E-state index in [0.29, 0.717) is 18.8 Å². The second kappa shape index (κ2) is 8.26. The van der Waals surface area contributed by atoms with Gasteiger partial charge < -0.3 is 15.0 Å². The van der Waals surface area contributed by atoms with Gasteiger partial charge in [-0.1, -0.05) is 6.07 Å². The van der Waals surface area contributed by atoms with Crippen molar-refractivity contribution in [2.45, 2.75) is 12.9 Å². The summed E-state index contributed by atoms with van der Waals surface area (Å²) in [7, 11) is 0. The van der Waals surface area contributed by atoms with Gasteiger partial charge in [0.25, 0.3) is 0 Å². The second-order valence-electron chi connectivity index (χ2n) is 6.13. The van der Waals surface area contributed by atoms with Crippen LogP contribution in [0.1, 0.15) is 5.56 Å². The zero-order chi connectivity index (χ0) is 19.3. The summed E-state index contributed by atoms with van der Waals surface area (Å²) >= 11 is 0. The maximum absolute atomic E-state index is 12.3. The Hall–Kier alpha value is -2.81. The smallest absolute Gasteiger partial charge is 0.406 e. The Kier molecular flexibility index (Phi) is 5.80. The Morgan fingerprint density at radius 2 is 1.81 bits per heavy atom. The van der Waals surface area contributed by atoms with Gasteiger partial charge in [-0.2, -0.15) is 0 Å². The van der Waals surface area contributed by atoms with E-state index >= 15 is 0 Å². The molecule has 9 heteroatoms. The normalized spacial score (nSPS) is 15.4. The Bertz CT molecular complexity index is 745. The Labute approximate surface area is 154 Å². The molecule has 1 fully saturated rings. The van der Waals surface area contributed by atoms with Gasteiger partial charge in [0.15, 0.2) is 0 Å². The SMILES string of the molecule is O=C(Nc1ccc(OC(F)(F)F)cc1)N1CCN(Cc2cccnc2)CC1. The summed E-state index contributed by atoms with van der Waals surface area (Å²) in [6.07, 6.45) is -1.18. The molecule has 2 amide bonds. The molecule has 0 saturated carbocycles. The molecule has 1 aliphatic heterocycles. The van der Waals surface area contributed by atoms with Crippen LogP contribution in [0.5, 0.6) is 5.75 Å². The minimum atomic E-state index is -4.74. The fourth-order valence-corrected chi connectivity index (χ4v) is 2.80. The van der Waals surface area contributed by atoms with E-state index in [-0.39, 0.29) is 11.8 Å². The van der Waals surface area contributed by atoms with Crippen LogP contribution in [0.4, 0.5) is 23.7 Å². The predicted octanol–water partition coefficient (Wildman–Crippen LogP) is 3.33. The van der Waals surface area contributed by atoms with E-state index < -0.39 is 6.36 Å². The number of nitrogens with zero attached hydrogens (tertiary/aromatic N) is 3. The van der Waals surface area contributed by atoms with E-state index in [0.717, 1.165) is 37.3 Å². The molecule has 1 aromatic heterocycles. The van der Waals surface area contributed by atoms with Crippen LogP contribution in [0.15, 0.2) is 48.8 Å². The molecule has 0 atom stereocenters. The molecule has 0 spiro atoms. The Balaban J connectivity index is 1.46. The lowest BCUT2D eigenvalue weighted by Gasteiger charge is -2.34. The largest absolute Gasteiger partial charge is 0.573 e. The summed E-state index contributed by atoms with van der Waals surface area (Å²) in [5, 5.41) is 2.69. The molecule has 27 heavy (non-hydrogen) atoms. The van der Waals surface area contributed by atoms with Crippen molar-refractivity contribution in [3.8, 4) is 5.75 Å². The maximum atomic E-state index is 12.3. The van der Waals surface area contributed by atoms with Gasteiger partial charge >= 0.3 is 12.4 Å². The van der Waals surface area contributed by atoms with Crippen molar-refractivity contribution in [3.05, 3.63) is 54.4 Å². The number of pyridine rings is 1. The number of carbonyl (C=O) groups excluding carboxylic acids is 1. The number of aromatic nitrogens is 1. The highest BCUT2D eigenvalue weighted by Gasteiger charge is 2.31. The average molecular weight is 380 g/mol. The summed E-state index contributed by atoms with van der Waals surface area (Å²) in [5.41, 5.74) is 1.53. The van der Waals surface area contributed by atoms with Crippen molar-refractivity contribution < 1.29 is 22.7 Å². The quantitative estimate of drug-likeness (QED) is 0.884. The molecule has 6 nitrogen and oxygen atoms in total. The first-order valence-corrected chi connectivity index (χ1v) is 8.42. The number of rotatable bonds is 4. The van der Waals surface area contributed by atoms with Crippen LogP contribution < -0.4 is 10.1 Å². The van der Waals surface area contributed by atoms with E-state index in [1.807, 2.05) is 18.3 Å². The third-order valence-corrected chi connectivity index (χ3v) is 4.13. The molecular weight excluding hydrogens is 361 g/mol. The molecule has 2 heterocycles. The van der Waals surface area contributed by atoms with Crippen LogP contribution in [0.2, 0.25) is 0 Å². The number of nitrogens with one attached hydrogen (secondary N) is 1. The van der Waals surface area contributed by atoms with E-state index in [1.165, 1.54) is 12.1 Å². The fourth-order valence-electron chi connectivity index (χ4n) is 2.80. The molecule has 0 aliphatic carbocycles. The molecular formula is C18H19F3N4O2. The zero-order valence-corrected chi connectivity index (χ0v) is 14.4. The van der Waals surface area contributed by atoms with Gasteiger partial charge in [-0.05, 0) is 35.9 Å². The van der Waals surface area contributed by atoms with Crippen molar-refractivity contribution in [1.82, 2.24) is 14.8 Å². The van der Waals surface area contributed by atoms with Crippen molar-refractivity contribution in [2.24, 2.45) is 0 Å². The molecule has 0 bridgehead atoms. The van der Waals surface area contributed by atoms with Gasteiger partial charge in [0.2, 0.25) is 0 Å². The van der Waals surface area contributed by atoms with Gasteiger partial charge in [-0.3, -0.25) is 9.88 Å². The van der Waals surface area contributed by atoms with Gasteiger partial charge in [0.1, 0.15) is 5.75 Å². The standard InChI is InChI=1S/C18H19F3N4O2/c19-18(20,21)27-16-5-3-15(4-6-16)23-17(26)25-10-8-24(9-11-25)13-14-2-1-7-22-12-14/h1-7,12H,8-11,13H2,(H,23,26). The number of hydrogen-bond acceptors (Lipinski definition) is 4. The van der Waals surface area contributed by atoms with Crippen LogP contribution >= 0.6 is 0 Å². The van der Waals surface area contributed by atoms with Crippen LogP contribution in [-0.4, -0.2) is 53.4 Å². The molecule has 1 N–H and O–H groups in total. The first-order chi connectivity index (χ1) is 12.9. The highest BCUT2D eigenvalue weighted by atomic mass is 19.4. The summed E-state index contributed by atoms with van der Waals surface area (Å²) in [5.74, 6) is -0.329. The summed E-state index contributed by atoms with van der Waals surface area (Å²) in [6.45, 7) is 3.40. The molecule has 3 rings (SSSR count). The first-order valence-electron chi connectivity index (χ1n) is 8.42. The number of halogens is 3. The molecule has 0 radical (unpaired) electrons. The number of benzene rings is 1. The van der Waals surface area contributed by atoms with Crippen molar-refractivity contribution in [2.75, 3.05) is 31.5 Å². The number of hydrogen-bond donors (Lipinski definition) is 1. The molecule has 1 aromatic carbocycles. The van der Waals surface area contributed by atoms with Gasteiger partial charge in [-0.15, -0.1) is 13.2 Å². The van der Waals surface area contributed by atoms with Crippen molar-refractivity contribution in [1.29, 1.82) is 0 Å². The Morgan fingerprint density at radius 1 is 1.11 bits per heavy atom. The number of ether oxygens (including phenoxy) is 1. The van der Waals surface area contributed by atoms with Crippen LogP contribution in [0.3, 0.4) is 0 Å². The number of alkyl halides is 3. The third-order valence-electron chi connectivity index (χ3n) is 4.13. The van der Waals surface area contributed by atoms with E-state index in [1.54, 1.807) is 11.1 Å². The number of piperazine rings is 1. The number of anilines is 1. The summed E-state index contributed by atoms with van der Waals surface area (Å²) < 4.78 is 40.3. The number of urea groups is 1. The zero-order valence-electron chi connectivity index (χ0n) is 14.4. The van der Waals surface area contributed by atoms with Crippen LogP contribution in [0.25, 0.3) is 0 Å². The van der Waals surface area contributed by atoms with E-state index in [9.17, 15) is 18.0 Å². The molecule has 1 saturated heterocycles. The van der Waals surface area contributed by atoms with E-state index in [2.05, 4.69) is 19.9 Å². The predicted molar refractivity (Wildman–Crippen MR) is 93.2 cm³/mol. The minimum Gasteiger partial charge on any atom is -0.406 e. The maximum Gasteiger partial charge on any atom is 0.573 e. The lowest BCUT2D eigenvalue weighted by molar-refractivity contribution is -0.274. The lowest BCUT2D eigenvalue weighted by Crippen LogP contribution is -2.49. The topological polar surface area (TPSA) is 57.7 Å². The molecule has 0 unspecified atom stereocenters. The summed E-state index contributed by atoms with van der Waals surface area (Å²) in [6, 6.07) is 8.70. The van der Waals surface area contributed by atoms with Crippen LogP contribution in [0, 0.1) is 0 Å². The Morgan fingerprint density at radius 3 is 2.41 bits per heavy atom. The van der Waals surface area contributed by atoms with Crippen molar-refractivity contribution >= 4 is 11.7 Å².